The molecular weight excluding hydrogens is 332 g/mol. The molecule has 0 fully saturated rings. The van der Waals surface area contributed by atoms with Crippen molar-refractivity contribution < 1.29 is 18.7 Å². The molecule has 1 unspecified atom stereocenters. The number of fused-ring (bicyclic) bond motifs is 1. The van der Waals surface area contributed by atoms with Gasteiger partial charge in [-0.15, -0.1) is 0 Å². The second kappa shape index (κ2) is 6.86. The molecule has 25 heavy (non-hydrogen) atoms. The number of para-hydroxylation sites is 2. The number of aliphatic hydroxyl groups excluding tert-OH is 1. The molecule has 1 atom stereocenters. The van der Waals surface area contributed by atoms with Crippen molar-refractivity contribution in [1.82, 2.24) is 14.9 Å². The smallest absolute Gasteiger partial charge is 0.326 e. The molecule has 0 saturated heterocycles. The van der Waals surface area contributed by atoms with E-state index in [1.165, 1.54) is 10.6 Å². The molecule has 0 radical (unpaired) electrons. The maximum Gasteiger partial charge on any atom is 0.326 e. The van der Waals surface area contributed by atoms with Crippen LogP contribution in [0.1, 0.15) is 11.7 Å². The van der Waals surface area contributed by atoms with E-state index >= 15 is 0 Å². The number of benzene rings is 2. The Bertz CT molecular complexity index is 960. The van der Waals surface area contributed by atoms with Gasteiger partial charge in [-0.3, -0.25) is 9.36 Å². The van der Waals surface area contributed by atoms with Crippen LogP contribution in [0.3, 0.4) is 0 Å². The Kier molecular flexibility index (Phi) is 4.62. The van der Waals surface area contributed by atoms with Gasteiger partial charge in [0.25, 0.3) is 0 Å². The van der Waals surface area contributed by atoms with E-state index in [1.807, 2.05) is 0 Å². The third kappa shape index (κ3) is 3.43. The van der Waals surface area contributed by atoms with E-state index in [4.69, 9.17) is 0 Å². The van der Waals surface area contributed by atoms with Gasteiger partial charge in [-0.1, -0.05) is 18.2 Å². The molecule has 1 heterocycles. The second-order valence-corrected chi connectivity index (χ2v) is 5.49. The summed E-state index contributed by atoms with van der Waals surface area (Å²) in [5.74, 6) is -2.35. The number of rotatable bonds is 5. The second-order valence-electron chi connectivity index (χ2n) is 5.49. The van der Waals surface area contributed by atoms with Gasteiger partial charge in [0, 0.05) is 6.54 Å². The fraction of sp³-hybridized carbons (Fsp3) is 0.176. The average molecular weight is 347 g/mol. The number of carbonyl (C=O) groups is 1. The number of hydrogen-bond donors (Lipinski definition) is 3. The molecule has 0 aliphatic carbocycles. The molecule has 0 bridgehead atoms. The minimum absolute atomic E-state index is 0.282. The number of amides is 1. The quantitative estimate of drug-likeness (QED) is 0.653. The van der Waals surface area contributed by atoms with Crippen LogP contribution in [0.25, 0.3) is 11.0 Å². The number of H-pyrrole nitrogens is 1. The zero-order valence-electron chi connectivity index (χ0n) is 13.0. The number of halogens is 2. The first kappa shape index (κ1) is 16.8. The lowest BCUT2D eigenvalue weighted by molar-refractivity contribution is -0.122. The zero-order chi connectivity index (χ0) is 18.0. The fourth-order valence-corrected chi connectivity index (χ4v) is 2.60. The van der Waals surface area contributed by atoms with Gasteiger partial charge in [0.05, 0.1) is 16.6 Å². The normalized spacial score (nSPS) is 12.3. The first-order chi connectivity index (χ1) is 12.0. The summed E-state index contributed by atoms with van der Waals surface area (Å²) < 4.78 is 28.4. The molecular formula is C17H15F2N3O3. The summed E-state index contributed by atoms with van der Waals surface area (Å²) in [5.41, 5.74) is 0.196. The number of carbonyl (C=O) groups excluding carboxylic acids is 1. The van der Waals surface area contributed by atoms with Crippen LogP contribution in [0.4, 0.5) is 8.78 Å². The van der Waals surface area contributed by atoms with Crippen LogP contribution < -0.4 is 11.0 Å². The highest BCUT2D eigenvalue weighted by Crippen LogP contribution is 2.19. The highest BCUT2D eigenvalue weighted by atomic mass is 19.1. The summed E-state index contributed by atoms with van der Waals surface area (Å²) in [6, 6.07) is 10.1. The van der Waals surface area contributed by atoms with Crippen molar-refractivity contribution in [2.45, 2.75) is 12.6 Å². The molecule has 6 nitrogen and oxygen atoms in total. The van der Waals surface area contributed by atoms with Crippen molar-refractivity contribution in [3.05, 3.63) is 70.1 Å². The summed E-state index contributed by atoms with van der Waals surface area (Å²) in [5, 5.41) is 12.3. The van der Waals surface area contributed by atoms with Crippen molar-refractivity contribution in [3.8, 4) is 0 Å². The molecule has 0 spiro atoms. The van der Waals surface area contributed by atoms with Crippen LogP contribution in [0.2, 0.25) is 0 Å². The molecule has 3 aromatic rings. The van der Waals surface area contributed by atoms with Crippen LogP contribution in [0.5, 0.6) is 0 Å². The van der Waals surface area contributed by atoms with Crippen molar-refractivity contribution in [2.75, 3.05) is 6.54 Å². The van der Waals surface area contributed by atoms with Gasteiger partial charge in [0.15, 0.2) is 0 Å². The summed E-state index contributed by atoms with van der Waals surface area (Å²) >= 11 is 0. The molecule has 8 heteroatoms. The monoisotopic (exact) mass is 347 g/mol. The Balaban J connectivity index is 1.69. The molecule has 3 rings (SSSR count). The molecule has 0 saturated carbocycles. The van der Waals surface area contributed by atoms with E-state index < -0.39 is 34.9 Å². The molecule has 3 N–H and O–H groups in total. The number of aliphatic hydroxyl groups is 1. The predicted molar refractivity (Wildman–Crippen MR) is 86.9 cm³/mol. The van der Waals surface area contributed by atoms with E-state index in [-0.39, 0.29) is 13.1 Å². The van der Waals surface area contributed by atoms with Crippen molar-refractivity contribution in [1.29, 1.82) is 0 Å². The topological polar surface area (TPSA) is 87.1 Å². The average Bonchev–Trinajstić information content (AvgIpc) is 2.88. The SMILES string of the molecule is O=C(Cn1c(=O)[nH]c2ccccc21)NCC(O)c1c(F)cccc1F. The minimum Gasteiger partial charge on any atom is -0.386 e. The molecule has 130 valence electrons. The van der Waals surface area contributed by atoms with Gasteiger partial charge >= 0.3 is 5.69 Å². The largest absolute Gasteiger partial charge is 0.386 e. The minimum atomic E-state index is -1.54. The summed E-state index contributed by atoms with van der Waals surface area (Å²) in [6.07, 6.45) is -1.54. The van der Waals surface area contributed by atoms with E-state index in [9.17, 15) is 23.5 Å². The van der Waals surface area contributed by atoms with Gasteiger partial charge in [0.2, 0.25) is 5.91 Å². The van der Waals surface area contributed by atoms with Crippen LogP contribution in [0, 0.1) is 11.6 Å². The van der Waals surface area contributed by atoms with Crippen LogP contribution in [-0.4, -0.2) is 27.1 Å². The Labute approximate surface area is 140 Å². The lowest BCUT2D eigenvalue weighted by Crippen LogP contribution is -2.34. The Morgan fingerprint density at radius 2 is 1.84 bits per heavy atom. The van der Waals surface area contributed by atoms with Crippen molar-refractivity contribution >= 4 is 16.9 Å². The maximum absolute atomic E-state index is 13.6. The molecule has 0 aliphatic heterocycles. The standard InChI is InChI=1S/C17H15F2N3O3/c18-10-4-3-5-11(19)16(10)14(23)8-20-15(24)9-22-13-7-2-1-6-12(13)21-17(22)25/h1-7,14,23H,8-9H2,(H,20,24)(H,21,25). The number of aromatic nitrogens is 2. The lowest BCUT2D eigenvalue weighted by Gasteiger charge is -2.14. The molecule has 1 amide bonds. The van der Waals surface area contributed by atoms with E-state index in [1.54, 1.807) is 24.3 Å². The Morgan fingerprint density at radius 3 is 2.56 bits per heavy atom. The first-order valence-electron chi connectivity index (χ1n) is 7.53. The Morgan fingerprint density at radius 1 is 1.16 bits per heavy atom. The highest BCUT2D eigenvalue weighted by Gasteiger charge is 2.19. The fourth-order valence-electron chi connectivity index (χ4n) is 2.60. The Hall–Kier alpha value is -3.00. The van der Waals surface area contributed by atoms with Crippen LogP contribution >= 0.6 is 0 Å². The molecule has 2 aromatic carbocycles. The van der Waals surface area contributed by atoms with E-state index in [0.29, 0.717) is 11.0 Å². The maximum atomic E-state index is 13.6. The number of imidazole rings is 1. The van der Waals surface area contributed by atoms with Gasteiger partial charge in [0.1, 0.15) is 24.3 Å². The van der Waals surface area contributed by atoms with Crippen molar-refractivity contribution in [3.63, 3.8) is 0 Å². The first-order valence-corrected chi connectivity index (χ1v) is 7.53. The highest BCUT2D eigenvalue weighted by molar-refractivity contribution is 5.80. The van der Waals surface area contributed by atoms with Crippen LogP contribution in [-0.2, 0) is 11.3 Å². The van der Waals surface area contributed by atoms with Crippen LogP contribution in [0.15, 0.2) is 47.3 Å². The van der Waals surface area contributed by atoms with Crippen molar-refractivity contribution in [2.24, 2.45) is 0 Å². The summed E-state index contributed by atoms with van der Waals surface area (Å²) in [6.45, 7) is -0.664. The summed E-state index contributed by atoms with van der Waals surface area (Å²) in [7, 11) is 0. The van der Waals surface area contributed by atoms with Gasteiger partial charge in [-0.2, -0.15) is 0 Å². The van der Waals surface area contributed by atoms with Gasteiger partial charge < -0.3 is 15.4 Å². The van der Waals surface area contributed by atoms with Gasteiger partial charge in [-0.05, 0) is 24.3 Å². The third-order valence-corrected chi connectivity index (χ3v) is 3.81. The number of nitrogens with zero attached hydrogens (tertiary/aromatic N) is 1. The van der Waals surface area contributed by atoms with Gasteiger partial charge in [-0.25, -0.2) is 13.6 Å². The summed E-state index contributed by atoms with van der Waals surface area (Å²) in [4.78, 5) is 26.5. The van der Waals surface area contributed by atoms with E-state index in [0.717, 1.165) is 12.1 Å². The number of nitrogens with one attached hydrogen (secondary N) is 2. The third-order valence-electron chi connectivity index (χ3n) is 3.81. The lowest BCUT2D eigenvalue weighted by atomic mass is 10.1. The predicted octanol–water partition coefficient (Wildman–Crippen LogP) is 1.46. The number of hydrogen-bond acceptors (Lipinski definition) is 3. The molecule has 0 aliphatic rings. The number of aromatic amines is 1. The zero-order valence-corrected chi connectivity index (χ0v) is 13.0. The molecule has 1 aromatic heterocycles. The van der Waals surface area contributed by atoms with E-state index in [2.05, 4.69) is 10.3 Å².